The Bertz CT molecular complexity index is 1480. The monoisotopic (exact) mass is 578 g/mol. The SMILES string of the molecule is CC(C)c1onc(-c2c(Cl)cccc2Cl)c1COc1ccc(/C=C/C(=O)N[C@@H](Cc2ccccc2)C(=O)O)cc1. The van der Waals surface area contributed by atoms with E-state index in [2.05, 4.69) is 10.5 Å². The van der Waals surface area contributed by atoms with Gasteiger partial charge in [-0.15, -0.1) is 0 Å². The van der Waals surface area contributed by atoms with E-state index in [-0.39, 0.29) is 18.9 Å². The number of nitrogens with zero attached hydrogens (tertiary/aromatic N) is 1. The second-order valence-corrected chi connectivity index (χ2v) is 10.2. The summed E-state index contributed by atoms with van der Waals surface area (Å²) in [6.45, 7) is 4.18. The summed E-state index contributed by atoms with van der Waals surface area (Å²) < 4.78 is 11.7. The molecule has 0 aliphatic carbocycles. The Morgan fingerprint density at radius 1 is 1.00 bits per heavy atom. The van der Waals surface area contributed by atoms with E-state index in [0.29, 0.717) is 32.8 Å². The van der Waals surface area contributed by atoms with Crippen LogP contribution in [0.2, 0.25) is 10.0 Å². The second-order valence-electron chi connectivity index (χ2n) is 9.41. The molecule has 1 heterocycles. The maximum atomic E-state index is 12.4. The van der Waals surface area contributed by atoms with Gasteiger partial charge in [0.1, 0.15) is 29.9 Å². The van der Waals surface area contributed by atoms with Crippen LogP contribution in [0.5, 0.6) is 5.75 Å². The van der Waals surface area contributed by atoms with E-state index in [1.54, 1.807) is 48.5 Å². The van der Waals surface area contributed by atoms with E-state index >= 15 is 0 Å². The molecule has 3 aromatic carbocycles. The van der Waals surface area contributed by atoms with Crippen LogP contribution in [-0.4, -0.2) is 28.2 Å². The van der Waals surface area contributed by atoms with Crippen LogP contribution >= 0.6 is 23.2 Å². The molecular formula is C31H28Cl2N2O5. The van der Waals surface area contributed by atoms with E-state index in [1.165, 1.54) is 6.08 Å². The van der Waals surface area contributed by atoms with Crippen molar-refractivity contribution in [2.24, 2.45) is 0 Å². The number of ether oxygens (including phenoxy) is 1. The predicted molar refractivity (Wildman–Crippen MR) is 156 cm³/mol. The minimum absolute atomic E-state index is 0.0631. The van der Waals surface area contributed by atoms with Gasteiger partial charge >= 0.3 is 5.97 Å². The van der Waals surface area contributed by atoms with E-state index in [0.717, 1.165) is 16.7 Å². The largest absolute Gasteiger partial charge is 0.489 e. The Balaban J connectivity index is 1.41. The van der Waals surface area contributed by atoms with Crippen LogP contribution in [0.1, 0.15) is 42.2 Å². The van der Waals surface area contributed by atoms with E-state index in [9.17, 15) is 14.7 Å². The first kappa shape index (κ1) is 28.9. The summed E-state index contributed by atoms with van der Waals surface area (Å²) >= 11 is 12.8. The van der Waals surface area contributed by atoms with Gasteiger partial charge in [-0.3, -0.25) is 4.79 Å². The number of aliphatic carboxylic acids is 1. The molecule has 0 fully saturated rings. The first-order valence-corrected chi connectivity index (χ1v) is 13.4. The van der Waals surface area contributed by atoms with Crippen LogP contribution in [0.3, 0.4) is 0 Å². The molecule has 1 atom stereocenters. The van der Waals surface area contributed by atoms with Crippen LogP contribution in [0.25, 0.3) is 17.3 Å². The van der Waals surface area contributed by atoms with Crippen molar-refractivity contribution in [1.82, 2.24) is 10.5 Å². The number of carbonyl (C=O) groups excluding carboxylic acids is 1. The van der Waals surface area contributed by atoms with Crippen molar-refractivity contribution in [1.29, 1.82) is 0 Å². The quantitative estimate of drug-likeness (QED) is 0.183. The fourth-order valence-electron chi connectivity index (χ4n) is 4.11. The highest BCUT2D eigenvalue weighted by molar-refractivity contribution is 6.39. The van der Waals surface area contributed by atoms with Crippen LogP contribution in [0.4, 0.5) is 0 Å². The van der Waals surface area contributed by atoms with Gasteiger partial charge in [0.25, 0.3) is 0 Å². The Hall–Kier alpha value is -4.07. The molecule has 7 nitrogen and oxygen atoms in total. The van der Waals surface area contributed by atoms with Crippen molar-refractivity contribution in [3.05, 3.63) is 111 Å². The zero-order chi connectivity index (χ0) is 28.6. The number of rotatable bonds is 11. The van der Waals surface area contributed by atoms with E-state index in [1.807, 2.05) is 44.2 Å². The van der Waals surface area contributed by atoms with Gasteiger partial charge < -0.3 is 19.7 Å². The normalized spacial score (nSPS) is 12.0. The molecule has 4 aromatic rings. The number of benzene rings is 3. The first-order valence-electron chi connectivity index (χ1n) is 12.6. The number of amides is 1. The molecule has 0 saturated carbocycles. The highest BCUT2D eigenvalue weighted by Crippen LogP contribution is 2.38. The van der Waals surface area contributed by atoms with Crippen molar-refractivity contribution in [3.8, 4) is 17.0 Å². The number of hydrogen-bond acceptors (Lipinski definition) is 5. The molecule has 9 heteroatoms. The maximum Gasteiger partial charge on any atom is 0.326 e. The number of carboxylic acids is 1. The van der Waals surface area contributed by atoms with Crippen molar-refractivity contribution < 1.29 is 24.0 Å². The summed E-state index contributed by atoms with van der Waals surface area (Å²) in [6.07, 6.45) is 3.11. The van der Waals surface area contributed by atoms with Gasteiger partial charge in [0.2, 0.25) is 5.91 Å². The van der Waals surface area contributed by atoms with Gasteiger partial charge in [-0.1, -0.05) is 90.7 Å². The van der Waals surface area contributed by atoms with Gasteiger partial charge in [0.05, 0.1) is 15.6 Å². The van der Waals surface area contributed by atoms with Crippen molar-refractivity contribution >= 4 is 41.2 Å². The summed E-state index contributed by atoms with van der Waals surface area (Å²) in [5.74, 6) is -0.247. The molecule has 0 bridgehead atoms. The zero-order valence-corrected chi connectivity index (χ0v) is 23.4. The van der Waals surface area contributed by atoms with Crippen LogP contribution in [0.15, 0.2) is 83.4 Å². The van der Waals surface area contributed by atoms with Crippen molar-refractivity contribution in [2.75, 3.05) is 0 Å². The number of carbonyl (C=O) groups is 2. The summed E-state index contributed by atoms with van der Waals surface area (Å²) in [4.78, 5) is 24.0. The van der Waals surface area contributed by atoms with Gasteiger partial charge in [-0.2, -0.15) is 0 Å². The minimum Gasteiger partial charge on any atom is -0.489 e. The lowest BCUT2D eigenvalue weighted by atomic mass is 10.0. The molecule has 0 aliphatic rings. The fraction of sp³-hybridized carbons (Fsp3) is 0.194. The molecule has 2 N–H and O–H groups in total. The molecule has 0 saturated heterocycles. The zero-order valence-electron chi connectivity index (χ0n) is 21.9. The minimum atomic E-state index is -1.10. The average Bonchev–Trinajstić information content (AvgIpc) is 3.35. The van der Waals surface area contributed by atoms with Crippen LogP contribution in [0, 0.1) is 0 Å². The Labute approximate surface area is 242 Å². The Morgan fingerprint density at radius 3 is 2.30 bits per heavy atom. The second kappa shape index (κ2) is 13.3. The standard InChI is InChI=1S/C31H28Cl2N2O5/c1-19(2)30-23(29(35-40-30)28-24(32)9-6-10-25(28)33)18-39-22-14-11-20(12-15-22)13-16-27(36)34-26(31(37)38)17-21-7-4-3-5-8-21/h3-16,19,26H,17-18H2,1-2H3,(H,34,36)(H,37,38)/b16-13+/t26-/m0/s1. The lowest BCUT2D eigenvalue weighted by Crippen LogP contribution is -2.41. The molecule has 4 rings (SSSR count). The average molecular weight is 579 g/mol. The molecule has 0 radical (unpaired) electrons. The highest BCUT2D eigenvalue weighted by atomic mass is 35.5. The van der Waals surface area contributed by atoms with Crippen LogP contribution < -0.4 is 10.1 Å². The maximum absolute atomic E-state index is 12.4. The van der Waals surface area contributed by atoms with Gasteiger partial charge in [-0.05, 0) is 41.5 Å². The molecule has 0 aliphatic heterocycles. The predicted octanol–water partition coefficient (Wildman–Crippen LogP) is 7.18. The summed E-state index contributed by atoms with van der Waals surface area (Å²) in [6, 6.07) is 20.5. The van der Waals surface area contributed by atoms with Crippen molar-refractivity contribution in [3.63, 3.8) is 0 Å². The van der Waals surface area contributed by atoms with E-state index in [4.69, 9.17) is 32.5 Å². The van der Waals surface area contributed by atoms with Gasteiger partial charge in [0.15, 0.2) is 0 Å². The summed E-state index contributed by atoms with van der Waals surface area (Å²) in [5, 5.41) is 17.2. The summed E-state index contributed by atoms with van der Waals surface area (Å²) in [5.41, 5.74) is 3.45. The number of nitrogens with one attached hydrogen (secondary N) is 1. The van der Waals surface area contributed by atoms with Gasteiger partial charge in [-0.25, -0.2) is 4.79 Å². The molecule has 206 valence electrons. The molecule has 1 amide bonds. The smallest absolute Gasteiger partial charge is 0.326 e. The molecule has 0 spiro atoms. The number of carboxylic acid groups (broad SMARTS) is 1. The van der Waals surface area contributed by atoms with Crippen LogP contribution in [-0.2, 0) is 22.6 Å². The fourth-order valence-corrected chi connectivity index (χ4v) is 4.68. The van der Waals surface area contributed by atoms with Crippen molar-refractivity contribution in [2.45, 2.75) is 38.8 Å². The van der Waals surface area contributed by atoms with E-state index < -0.39 is 17.9 Å². The highest BCUT2D eigenvalue weighted by Gasteiger charge is 2.24. The molecule has 0 unspecified atom stereocenters. The number of halogens is 2. The third-order valence-electron chi connectivity index (χ3n) is 6.13. The molecular weight excluding hydrogens is 551 g/mol. The lowest BCUT2D eigenvalue weighted by molar-refractivity contribution is -0.141. The lowest BCUT2D eigenvalue weighted by Gasteiger charge is -2.13. The first-order chi connectivity index (χ1) is 19.2. The molecule has 1 aromatic heterocycles. The van der Waals surface area contributed by atoms with Gasteiger partial charge in [0, 0.05) is 24.0 Å². The summed E-state index contributed by atoms with van der Waals surface area (Å²) in [7, 11) is 0. The number of hydrogen-bond donors (Lipinski definition) is 2. The third kappa shape index (κ3) is 7.31. The Kier molecular flexibility index (Phi) is 9.64. The number of aromatic nitrogens is 1. The third-order valence-corrected chi connectivity index (χ3v) is 6.76. The Morgan fingerprint density at radius 2 is 1.68 bits per heavy atom. The topological polar surface area (TPSA) is 102 Å². The molecule has 40 heavy (non-hydrogen) atoms.